The minimum atomic E-state index is -0.496. The minimum Gasteiger partial charge on any atom is -0.351 e. The average Bonchev–Trinajstić information content (AvgIpc) is 3.46. The number of aromatic nitrogens is 4. The molecule has 2 saturated carbocycles. The number of amides is 1. The molecule has 1 saturated heterocycles. The number of nitrogens with one attached hydrogen (secondary N) is 2. The van der Waals surface area contributed by atoms with Crippen LogP contribution in [-0.4, -0.2) is 44.3 Å². The Hall–Kier alpha value is -3.22. The zero-order chi connectivity index (χ0) is 20.3. The number of rotatable bonds is 5. The number of nitrogens with zero attached hydrogens (tertiary/aromatic N) is 6. The van der Waals surface area contributed by atoms with Crippen LogP contribution in [0.1, 0.15) is 13.3 Å². The fourth-order valence-corrected chi connectivity index (χ4v) is 4.54. The molecule has 0 radical (unpaired) electrons. The predicted molar refractivity (Wildman–Crippen MR) is 101 cm³/mol. The van der Waals surface area contributed by atoms with Gasteiger partial charge in [-0.25, -0.2) is 9.37 Å². The first-order valence-corrected chi connectivity index (χ1v) is 9.66. The summed E-state index contributed by atoms with van der Waals surface area (Å²) in [5.74, 6) is 0.143. The Morgan fingerprint density at radius 2 is 2.28 bits per heavy atom. The van der Waals surface area contributed by atoms with Gasteiger partial charge in [-0.15, -0.1) is 0 Å². The minimum absolute atomic E-state index is 0.0603. The zero-order valence-corrected chi connectivity index (χ0v) is 16.1. The highest BCUT2D eigenvalue weighted by Gasteiger charge is 2.68. The summed E-state index contributed by atoms with van der Waals surface area (Å²) < 4.78 is 16.1. The van der Waals surface area contributed by atoms with E-state index in [9.17, 15) is 9.18 Å². The second kappa shape index (κ2) is 6.14. The molecular weight excluding hydrogens is 375 g/mol. The van der Waals surface area contributed by atoms with Gasteiger partial charge in [-0.1, -0.05) is 6.92 Å². The molecule has 29 heavy (non-hydrogen) atoms. The summed E-state index contributed by atoms with van der Waals surface area (Å²) in [4.78, 5) is 22.7. The van der Waals surface area contributed by atoms with E-state index in [1.807, 2.05) is 4.90 Å². The molecule has 0 bridgehead atoms. The molecule has 3 heterocycles. The van der Waals surface area contributed by atoms with Gasteiger partial charge in [0, 0.05) is 32.3 Å². The molecule has 5 atom stereocenters. The topological polar surface area (TPSA) is 112 Å². The molecular formula is C19H21FN8O. The lowest BCUT2D eigenvalue weighted by molar-refractivity contribution is -0.123. The lowest BCUT2D eigenvalue weighted by Crippen LogP contribution is -2.45. The fraction of sp³-hybridized carbons (Fsp3) is 0.526. The van der Waals surface area contributed by atoms with Crippen molar-refractivity contribution in [3.63, 3.8) is 0 Å². The van der Waals surface area contributed by atoms with E-state index in [4.69, 9.17) is 5.26 Å². The maximum Gasteiger partial charge on any atom is 0.229 e. The van der Waals surface area contributed by atoms with Crippen molar-refractivity contribution >= 4 is 23.4 Å². The van der Waals surface area contributed by atoms with Gasteiger partial charge < -0.3 is 15.5 Å². The van der Waals surface area contributed by atoms with Crippen molar-refractivity contribution in [3.05, 3.63) is 24.4 Å². The summed E-state index contributed by atoms with van der Waals surface area (Å²) >= 11 is 0. The van der Waals surface area contributed by atoms with Crippen LogP contribution < -0.4 is 15.5 Å². The molecule has 5 rings (SSSR count). The van der Waals surface area contributed by atoms with Gasteiger partial charge in [0.05, 0.1) is 41.5 Å². The van der Waals surface area contributed by atoms with E-state index in [0.29, 0.717) is 31.1 Å². The molecule has 0 aromatic carbocycles. The van der Waals surface area contributed by atoms with E-state index < -0.39 is 5.82 Å². The highest BCUT2D eigenvalue weighted by Crippen LogP contribution is 2.56. The Kier molecular flexibility index (Phi) is 3.78. The van der Waals surface area contributed by atoms with Crippen LogP contribution in [0, 0.1) is 40.8 Å². The quantitative estimate of drug-likeness (QED) is 0.781. The van der Waals surface area contributed by atoms with Crippen LogP contribution in [-0.2, 0) is 11.8 Å². The third-order valence-corrected chi connectivity index (χ3v) is 6.47. The van der Waals surface area contributed by atoms with Crippen LogP contribution in [0.3, 0.4) is 0 Å². The van der Waals surface area contributed by atoms with Gasteiger partial charge in [-0.3, -0.25) is 9.48 Å². The van der Waals surface area contributed by atoms with Gasteiger partial charge in [-0.2, -0.15) is 15.3 Å². The van der Waals surface area contributed by atoms with Gasteiger partial charge in [0.1, 0.15) is 0 Å². The Balaban J connectivity index is 1.31. The lowest BCUT2D eigenvalue weighted by atomic mass is 10.2. The zero-order valence-electron chi connectivity index (χ0n) is 16.1. The average molecular weight is 396 g/mol. The van der Waals surface area contributed by atoms with Gasteiger partial charge >= 0.3 is 0 Å². The molecule has 2 aromatic rings. The predicted octanol–water partition coefficient (Wildman–Crippen LogP) is 1.19. The molecule has 1 amide bonds. The number of halogens is 1. The van der Waals surface area contributed by atoms with Crippen LogP contribution in [0.2, 0.25) is 0 Å². The van der Waals surface area contributed by atoms with Crippen molar-refractivity contribution in [2.24, 2.45) is 30.7 Å². The summed E-state index contributed by atoms with van der Waals surface area (Å²) in [6.45, 7) is 3.21. The molecule has 150 valence electrons. The largest absolute Gasteiger partial charge is 0.351 e. The van der Waals surface area contributed by atoms with Crippen molar-refractivity contribution in [2.75, 3.05) is 23.3 Å². The fourth-order valence-electron chi connectivity index (χ4n) is 4.54. The SMILES string of the molecule is C[C@@H]1[C@@H]2CN(c3nc(Nc4cnn(C)c4)ncc3F)C[C@]12NC(=O)[C@H]1C[C@@H]1C#N. The van der Waals surface area contributed by atoms with Gasteiger partial charge in [0.25, 0.3) is 0 Å². The number of aryl methyl sites for hydroxylation is 1. The molecule has 3 fully saturated rings. The van der Waals surface area contributed by atoms with Crippen LogP contribution >= 0.6 is 0 Å². The summed E-state index contributed by atoms with van der Waals surface area (Å²) in [6.07, 6.45) is 5.19. The molecule has 2 aliphatic carbocycles. The standard InChI is InChI=1S/C19H21FN8O/c1-10-14-8-28(9-19(10,14)26-17(29)13-3-11(13)4-21)16-15(20)6-22-18(25-16)24-12-5-23-27(2)7-12/h5-7,10-11,13-14H,3,8-9H2,1-2H3,(H,26,29)(H,22,24,25)/t10-,11-,13+,14+,19+/m1/s1. The Labute approximate surface area is 166 Å². The van der Waals surface area contributed by atoms with Gasteiger partial charge in [0.2, 0.25) is 11.9 Å². The third-order valence-electron chi connectivity index (χ3n) is 6.47. The smallest absolute Gasteiger partial charge is 0.229 e. The first kappa shape index (κ1) is 17.8. The summed E-state index contributed by atoms with van der Waals surface area (Å²) in [6, 6.07) is 2.15. The van der Waals surface area contributed by atoms with Crippen molar-refractivity contribution < 1.29 is 9.18 Å². The maximum absolute atomic E-state index is 14.5. The Morgan fingerprint density at radius 3 is 2.97 bits per heavy atom. The molecule has 0 unspecified atom stereocenters. The molecule has 2 aromatic heterocycles. The third kappa shape index (κ3) is 2.88. The second-order valence-electron chi connectivity index (χ2n) is 8.28. The molecule has 9 nitrogen and oxygen atoms in total. The first-order chi connectivity index (χ1) is 13.9. The Morgan fingerprint density at radius 1 is 1.45 bits per heavy atom. The highest BCUT2D eigenvalue weighted by molar-refractivity contribution is 5.83. The van der Waals surface area contributed by atoms with Crippen LogP contribution in [0.25, 0.3) is 0 Å². The summed E-state index contributed by atoms with van der Waals surface area (Å²) in [5.41, 5.74) is 0.344. The number of hydrogen-bond donors (Lipinski definition) is 2. The number of fused-ring (bicyclic) bond motifs is 1. The number of nitriles is 1. The van der Waals surface area contributed by atoms with Crippen LogP contribution in [0.4, 0.5) is 21.8 Å². The second-order valence-corrected chi connectivity index (χ2v) is 8.28. The van der Waals surface area contributed by atoms with Crippen LogP contribution in [0.5, 0.6) is 0 Å². The molecule has 2 N–H and O–H groups in total. The van der Waals surface area contributed by atoms with Gasteiger partial charge in [-0.05, 0) is 12.3 Å². The van der Waals surface area contributed by atoms with Crippen molar-refractivity contribution in [2.45, 2.75) is 18.9 Å². The molecule has 0 spiro atoms. The molecule has 3 aliphatic rings. The van der Waals surface area contributed by atoms with Gasteiger partial charge in [0.15, 0.2) is 11.6 Å². The maximum atomic E-state index is 14.5. The van der Waals surface area contributed by atoms with Crippen LogP contribution in [0.15, 0.2) is 18.6 Å². The monoisotopic (exact) mass is 396 g/mol. The Bertz CT molecular complexity index is 1030. The highest BCUT2D eigenvalue weighted by atomic mass is 19.1. The summed E-state index contributed by atoms with van der Waals surface area (Å²) in [5, 5.41) is 19.2. The molecule has 1 aliphatic heterocycles. The van der Waals surface area contributed by atoms with Crippen molar-refractivity contribution in [1.29, 1.82) is 5.26 Å². The molecule has 10 heteroatoms. The summed E-state index contributed by atoms with van der Waals surface area (Å²) in [7, 11) is 1.80. The first-order valence-electron chi connectivity index (χ1n) is 9.66. The number of hydrogen-bond acceptors (Lipinski definition) is 7. The lowest BCUT2D eigenvalue weighted by Gasteiger charge is -2.25. The van der Waals surface area contributed by atoms with E-state index in [0.717, 1.165) is 6.20 Å². The number of piperidine rings is 1. The number of carbonyl (C=O) groups excluding carboxylic acids is 1. The number of carbonyl (C=O) groups is 1. The van der Waals surface area contributed by atoms with E-state index in [1.54, 1.807) is 24.1 Å². The van der Waals surface area contributed by atoms with E-state index in [-0.39, 0.29) is 41.0 Å². The van der Waals surface area contributed by atoms with E-state index in [1.165, 1.54) is 0 Å². The number of anilines is 3. The van der Waals surface area contributed by atoms with E-state index >= 15 is 0 Å². The normalized spacial score (nSPS) is 31.7. The van der Waals surface area contributed by atoms with E-state index in [2.05, 4.69) is 38.7 Å². The van der Waals surface area contributed by atoms with Crippen molar-refractivity contribution in [1.82, 2.24) is 25.1 Å². The van der Waals surface area contributed by atoms with Crippen molar-refractivity contribution in [3.8, 4) is 6.07 Å².